The van der Waals surface area contributed by atoms with Crippen molar-refractivity contribution in [2.24, 2.45) is 0 Å². The fraction of sp³-hybridized carbons (Fsp3) is 0.192. The van der Waals surface area contributed by atoms with Gasteiger partial charge in [0.05, 0.1) is 18.7 Å². The molecule has 3 aromatic rings. The molecule has 4 rings (SSSR count). The van der Waals surface area contributed by atoms with Crippen LogP contribution in [0.5, 0.6) is 5.75 Å². The number of benzene rings is 2. The highest BCUT2D eigenvalue weighted by Gasteiger charge is 2.47. The number of pyridine rings is 1. The van der Waals surface area contributed by atoms with E-state index in [9.17, 15) is 14.7 Å². The minimum Gasteiger partial charge on any atom is -0.507 e. The van der Waals surface area contributed by atoms with Crippen LogP contribution in [0, 0.1) is 6.92 Å². The summed E-state index contributed by atoms with van der Waals surface area (Å²) in [6, 6.07) is 15.4. The summed E-state index contributed by atoms with van der Waals surface area (Å²) < 4.78 is 5.29. The van der Waals surface area contributed by atoms with Gasteiger partial charge in [0, 0.05) is 23.6 Å². The lowest BCUT2D eigenvalue weighted by Gasteiger charge is -2.25. The zero-order valence-electron chi connectivity index (χ0n) is 18.2. The Morgan fingerprint density at radius 2 is 1.88 bits per heavy atom. The van der Waals surface area contributed by atoms with Gasteiger partial charge in [-0.1, -0.05) is 25.1 Å². The van der Waals surface area contributed by atoms with E-state index in [4.69, 9.17) is 4.74 Å². The van der Waals surface area contributed by atoms with Crippen LogP contribution in [-0.2, 0) is 16.0 Å². The Hall–Kier alpha value is -3.93. The number of hydrogen-bond acceptors (Lipinski definition) is 5. The molecular formula is C26H24N2O4. The number of aliphatic hydroxyl groups is 1. The van der Waals surface area contributed by atoms with Gasteiger partial charge in [-0.25, -0.2) is 0 Å². The number of aryl methyl sites for hydroxylation is 2. The predicted octanol–water partition coefficient (Wildman–Crippen LogP) is 4.59. The number of ether oxygens (including phenoxy) is 1. The molecule has 162 valence electrons. The number of methoxy groups -OCH3 is 1. The lowest BCUT2D eigenvalue weighted by atomic mass is 9.95. The van der Waals surface area contributed by atoms with Crippen molar-refractivity contribution in [3.05, 3.63) is 94.8 Å². The van der Waals surface area contributed by atoms with Crippen LogP contribution in [-0.4, -0.2) is 28.9 Å². The molecule has 1 unspecified atom stereocenters. The molecule has 1 amide bonds. The average molecular weight is 428 g/mol. The summed E-state index contributed by atoms with van der Waals surface area (Å²) in [5.74, 6) is -0.975. The normalized spacial score (nSPS) is 17.6. The molecule has 1 fully saturated rings. The Kier molecular flexibility index (Phi) is 5.77. The second-order valence-electron chi connectivity index (χ2n) is 7.66. The summed E-state index contributed by atoms with van der Waals surface area (Å²) in [4.78, 5) is 31.9. The number of anilines is 1. The molecule has 0 radical (unpaired) electrons. The molecule has 1 aliphatic rings. The molecule has 1 aliphatic heterocycles. The van der Waals surface area contributed by atoms with Crippen molar-refractivity contribution >= 4 is 23.1 Å². The Bertz CT molecular complexity index is 1200. The van der Waals surface area contributed by atoms with Gasteiger partial charge in [-0.05, 0) is 66.4 Å². The highest BCUT2D eigenvalue weighted by atomic mass is 16.5. The lowest BCUT2D eigenvalue weighted by molar-refractivity contribution is -0.132. The summed E-state index contributed by atoms with van der Waals surface area (Å²) >= 11 is 0. The van der Waals surface area contributed by atoms with E-state index in [1.807, 2.05) is 38.1 Å². The van der Waals surface area contributed by atoms with Gasteiger partial charge >= 0.3 is 0 Å². The molecule has 2 heterocycles. The van der Waals surface area contributed by atoms with Crippen molar-refractivity contribution in [1.82, 2.24) is 4.98 Å². The fourth-order valence-electron chi connectivity index (χ4n) is 4.03. The van der Waals surface area contributed by atoms with Crippen molar-refractivity contribution in [2.75, 3.05) is 12.0 Å². The molecule has 0 spiro atoms. The molecular weight excluding hydrogens is 404 g/mol. The van der Waals surface area contributed by atoms with Gasteiger partial charge < -0.3 is 9.84 Å². The van der Waals surface area contributed by atoms with E-state index in [0.717, 1.165) is 17.5 Å². The number of hydrogen-bond donors (Lipinski definition) is 1. The largest absolute Gasteiger partial charge is 0.507 e. The summed E-state index contributed by atoms with van der Waals surface area (Å²) in [5, 5.41) is 11.2. The first-order valence-corrected chi connectivity index (χ1v) is 10.4. The van der Waals surface area contributed by atoms with Crippen LogP contribution in [0.15, 0.2) is 72.6 Å². The second-order valence-corrected chi connectivity index (χ2v) is 7.66. The number of carbonyl (C=O) groups excluding carboxylic acids is 2. The van der Waals surface area contributed by atoms with Gasteiger partial charge in [-0.2, -0.15) is 0 Å². The van der Waals surface area contributed by atoms with Crippen molar-refractivity contribution in [2.45, 2.75) is 26.3 Å². The van der Waals surface area contributed by atoms with E-state index >= 15 is 0 Å². The van der Waals surface area contributed by atoms with Crippen LogP contribution >= 0.6 is 0 Å². The van der Waals surface area contributed by atoms with Crippen LogP contribution in [0.25, 0.3) is 5.76 Å². The van der Waals surface area contributed by atoms with Crippen molar-refractivity contribution in [3.63, 3.8) is 0 Å². The smallest absolute Gasteiger partial charge is 0.300 e. The third kappa shape index (κ3) is 3.64. The van der Waals surface area contributed by atoms with Crippen molar-refractivity contribution in [3.8, 4) is 5.75 Å². The number of aliphatic hydroxyl groups excluding tert-OH is 1. The molecule has 2 aromatic carbocycles. The molecule has 0 saturated carbocycles. The molecule has 6 heteroatoms. The molecule has 1 aromatic heterocycles. The van der Waals surface area contributed by atoms with Gasteiger partial charge in [0.2, 0.25) is 0 Å². The predicted molar refractivity (Wildman–Crippen MR) is 123 cm³/mol. The summed E-state index contributed by atoms with van der Waals surface area (Å²) in [6.45, 7) is 3.90. The Balaban J connectivity index is 1.90. The molecule has 6 nitrogen and oxygen atoms in total. The topological polar surface area (TPSA) is 79.7 Å². The van der Waals surface area contributed by atoms with E-state index < -0.39 is 17.7 Å². The maximum absolute atomic E-state index is 13.2. The lowest BCUT2D eigenvalue weighted by Crippen LogP contribution is -2.29. The standard InChI is InChI=1S/C26H24N2O4/c1-4-17-7-10-20(11-8-17)28-23(19-6-5-13-27-15-19)22(25(30)26(28)31)24(29)18-9-12-21(32-3)16(2)14-18/h5-15,23,29H,4H2,1-3H3/b24-22-. The number of ketones is 1. The van der Waals surface area contributed by atoms with Crippen LogP contribution in [0.4, 0.5) is 5.69 Å². The minimum atomic E-state index is -0.793. The summed E-state index contributed by atoms with van der Waals surface area (Å²) in [6.07, 6.45) is 4.09. The monoisotopic (exact) mass is 428 g/mol. The first kappa shape index (κ1) is 21.3. The highest BCUT2D eigenvalue weighted by molar-refractivity contribution is 6.51. The first-order valence-electron chi connectivity index (χ1n) is 10.4. The Morgan fingerprint density at radius 3 is 2.47 bits per heavy atom. The first-order chi connectivity index (χ1) is 15.5. The van der Waals surface area contributed by atoms with Crippen LogP contribution < -0.4 is 9.64 Å². The number of nitrogens with zero attached hydrogens (tertiary/aromatic N) is 2. The zero-order chi connectivity index (χ0) is 22.8. The molecule has 0 aliphatic carbocycles. The highest BCUT2D eigenvalue weighted by Crippen LogP contribution is 2.42. The number of amides is 1. The summed E-state index contributed by atoms with van der Waals surface area (Å²) in [5.41, 5.74) is 3.63. The van der Waals surface area contributed by atoms with Gasteiger partial charge in [-0.3, -0.25) is 19.5 Å². The number of carbonyl (C=O) groups is 2. The third-order valence-corrected chi connectivity index (χ3v) is 5.74. The molecule has 1 saturated heterocycles. The van der Waals surface area contributed by atoms with Crippen molar-refractivity contribution < 1.29 is 19.4 Å². The summed E-state index contributed by atoms with van der Waals surface area (Å²) in [7, 11) is 1.57. The molecule has 32 heavy (non-hydrogen) atoms. The van der Waals surface area contributed by atoms with E-state index in [1.165, 1.54) is 4.90 Å². The van der Waals surface area contributed by atoms with Gasteiger partial charge in [0.25, 0.3) is 11.7 Å². The average Bonchev–Trinajstić information content (AvgIpc) is 3.09. The van der Waals surface area contributed by atoms with Gasteiger partial charge in [0.15, 0.2) is 0 Å². The minimum absolute atomic E-state index is 0.0344. The quantitative estimate of drug-likeness (QED) is 0.365. The van der Waals surface area contributed by atoms with E-state index in [1.54, 1.807) is 49.8 Å². The Labute approximate surface area is 186 Å². The van der Waals surface area contributed by atoms with Gasteiger partial charge in [-0.15, -0.1) is 0 Å². The molecule has 1 N–H and O–H groups in total. The van der Waals surface area contributed by atoms with Crippen LogP contribution in [0.3, 0.4) is 0 Å². The maximum atomic E-state index is 13.2. The van der Waals surface area contributed by atoms with E-state index in [2.05, 4.69) is 4.98 Å². The fourth-order valence-corrected chi connectivity index (χ4v) is 4.03. The van der Waals surface area contributed by atoms with Crippen molar-refractivity contribution in [1.29, 1.82) is 0 Å². The molecule has 1 atom stereocenters. The number of aromatic nitrogens is 1. The van der Waals surface area contributed by atoms with E-state index in [-0.39, 0.29) is 11.3 Å². The van der Waals surface area contributed by atoms with Crippen LogP contribution in [0.2, 0.25) is 0 Å². The third-order valence-electron chi connectivity index (χ3n) is 5.74. The number of rotatable bonds is 5. The van der Waals surface area contributed by atoms with Gasteiger partial charge in [0.1, 0.15) is 11.5 Å². The molecule has 0 bridgehead atoms. The Morgan fingerprint density at radius 1 is 1.12 bits per heavy atom. The number of Topliss-reactive ketones (excluding diaryl/α,β-unsaturated/α-hetero) is 1. The van der Waals surface area contributed by atoms with Crippen LogP contribution in [0.1, 0.15) is 35.2 Å². The van der Waals surface area contributed by atoms with E-state index in [0.29, 0.717) is 22.6 Å². The SMILES string of the molecule is CCc1ccc(N2C(=O)C(=O)/C(=C(\O)c3ccc(OC)c(C)c3)C2c2cccnc2)cc1. The zero-order valence-corrected chi connectivity index (χ0v) is 18.2. The maximum Gasteiger partial charge on any atom is 0.300 e. The second kappa shape index (κ2) is 8.67.